The first-order valence-corrected chi connectivity index (χ1v) is 8.85. The number of aryl methyl sites for hydroxylation is 1. The van der Waals surface area contributed by atoms with Crippen LogP contribution in [0.2, 0.25) is 0 Å². The van der Waals surface area contributed by atoms with Gasteiger partial charge in [0.2, 0.25) is 0 Å². The molecule has 1 aromatic heterocycles. The van der Waals surface area contributed by atoms with E-state index in [0.717, 1.165) is 36.4 Å². The zero-order valence-corrected chi connectivity index (χ0v) is 14.8. The number of nitrogens with zero attached hydrogens (tertiary/aromatic N) is 2. The largest absolute Gasteiger partial charge is 0.367 e. The predicted octanol–water partition coefficient (Wildman–Crippen LogP) is 4.21. The van der Waals surface area contributed by atoms with Crippen molar-refractivity contribution >= 4 is 17.3 Å². The van der Waals surface area contributed by atoms with Gasteiger partial charge in [-0.05, 0) is 54.3 Å². The summed E-state index contributed by atoms with van der Waals surface area (Å²) in [5, 5.41) is 2.92. The lowest BCUT2D eigenvalue weighted by Crippen LogP contribution is -2.30. The van der Waals surface area contributed by atoms with Crippen LogP contribution < -0.4 is 10.2 Å². The first-order chi connectivity index (χ1) is 12.7. The lowest BCUT2D eigenvalue weighted by molar-refractivity contribution is 0.102. The van der Waals surface area contributed by atoms with Crippen LogP contribution >= 0.6 is 0 Å². The minimum Gasteiger partial charge on any atom is -0.367 e. The van der Waals surface area contributed by atoms with Gasteiger partial charge < -0.3 is 10.2 Å². The molecule has 4 rings (SSSR count). The molecular formula is C22H21N3O. The smallest absolute Gasteiger partial charge is 0.274 e. The van der Waals surface area contributed by atoms with Gasteiger partial charge in [-0.1, -0.05) is 36.4 Å². The summed E-state index contributed by atoms with van der Waals surface area (Å²) >= 11 is 0. The number of carbonyl (C=O) groups excluding carboxylic acids is 1. The zero-order chi connectivity index (χ0) is 17.9. The van der Waals surface area contributed by atoms with Crippen molar-refractivity contribution in [1.29, 1.82) is 0 Å². The van der Waals surface area contributed by atoms with Crippen molar-refractivity contribution in [3.8, 4) is 0 Å². The molecule has 0 spiro atoms. The molecule has 0 saturated heterocycles. The van der Waals surface area contributed by atoms with E-state index in [2.05, 4.69) is 39.5 Å². The molecule has 0 atom stereocenters. The van der Waals surface area contributed by atoms with E-state index in [0.29, 0.717) is 5.69 Å². The molecule has 0 saturated carbocycles. The van der Waals surface area contributed by atoms with Gasteiger partial charge in [0.05, 0.1) is 0 Å². The van der Waals surface area contributed by atoms with Crippen molar-refractivity contribution in [2.24, 2.45) is 0 Å². The maximum Gasteiger partial charge on any atom is 0.274 e. The Morgan fingerprint density at radius 3 is 2.73 bits per heavy atom. The molecule has 130 valence electrons. The molecule has 1 aliphatic rings. The number of hydrogen-bond donors (Lipinski definition) is 1. The van der Waals surface area contributed by atoms with Gasteiger partial charge >= 0.3 is 0 Å². The van der Waals surface area contributed by atoms with Crippen LogP contribution in [-0.2, 0) is 13.0 Å². The number of fused-ring (bicyclic) bond motifs is 1. The fourth-order valence-electron chi connectivity index (χ4n) is 3.37. The van der Waals surface area contributed by atoms with Crippen LogP contribution in [0.1, 0.15) is 27.2 Å². The fourth-order valence-corrected chi connectivity index (χ4v) is 3.37. The summed E-state index contributed by atoms with van der Waals surface area (Å²) < 4.78 is 0. The quantitative estimate of drug-likeness (QED) is 0.775. The van der Waals surface area contributed by atoms with Crippen LogP contribution in [0.3, 0.4) is 0 Å². The van der Waals surface area contributed by atoms with Crippen molar-refractivity contribution < 1.29 is 4.79 Å². The molecule has 0 bridgehead atoms. The molecule has 2 heterocycles. The zero-order valence-electron chi connectivity index (χ0n) is 14.8. The molecule has 1 N–H and O–H groups in total. The van der Waals surface area contributed by atoms with Crippen molar-refractivity contribution in [2.45, 2.75) is 19.9 Å². The first-order valence-electron chi connectivity index (χ1n) is 8.85. The normalized spacial score (nSPS) is 13.2. The van der Waals surface area contributed by atoms with E-state index >= 15 is 0 Å². The molecule has 4 heteroatoms. The summed E-state index contributed by atoms with van der Waals surface area (Å²) in [6.07, 6.45) is 2.73. The second kappa shape index (κ2) is 7.00. The Hall–Kier alpha value is -3.14. The van der Waals surface area contributed by atoms with Crippen LogP contribution in [0.5, 0.6) is 0 Å². The maximum absolute atomic E-state index is 12.6. The number of pyridine rings is 1. The molecule has 0 fully saturated rings. The van der Waals surface area contributed by atoms with E-state index in [4.69, 9.17) is 0 Å². The summed E-state index contributed by atoms with van der Waals surface area (Å²) in [6.45, 7) is 3.81. The SMILES string of the molecule is Cc1cccc(NC(=O)c2cc(N3CCc4ccccc4C3)ccn2)c1. The monoisotopic (exact) mass is 343 g/mol. The Kier molecular flexibility index (Phi) is 4.40. The Balaban J connectivity index is 1.53. The van der Waals surface area contributed by atoms with Gasteiger partial charge in [0.15, 0.2) is 0 Å². The molecule has 0 radical (unpaired) electrons. The second-order valence-corrected chi connectivity index (χ2v) is 6.66. The highest BCUT2D eigenvalue weighted by molar-refractivity contribution is 6.03. The van der Waals surface area contributed by atoms with Gasteiger partial charge in [0.25, 0.3) is 5.91 Å². The number of aromatic nitrogens is 1. The Morgan fingerprint density at radius 2 is 1.88 bits per heavy atom. The van der Waals surface area contributed by atoms with Crippen LogP contribution in [0.15, 0.2) is 66.9 Å². The van der Waals surface area contributed by atoms with Crippen molar-refractivity contribution in [2.75, 3.05) is 16.8 Å². The Bertz CT molecular complexity index is 951. The molecule has 26 heavy (non-hydrogen) atoms. The van der Waals surface area contributed by atoms with Crippen LogP contribution in [0.25, 0.3) is 0 Å². The summed E-state index contributed by atoms with van der Waals surface area (Å²) in [6, 6.07) is 20.1. The minimum atomic E-state index is -0.185. The van der Waals surface area contributed by atoms with E-state index in [1.165, 1.54) is 11.1 Å². The first kappa shape index (κ1) is 16.3. The molecule has 1 aliphatic heterocycles. The predicted molar refractivity (Wildman–Crippen MR) is 105 cm³/mol. The van der Waals surface area contributed by atoms with Crippen molar-refractivity contribution in [3.63, 3.8) is 0 Å². The molecule has 0 unspecified atom stereocenters. The average Bonchev–Trinajstić information content (AvgIpc) is 2.68. The topological polar surface area (TPSA) is 45.2 Å². The van der Waals surface area contributed by atoms with Gasteiger partial charge in [-0.3, -0.25) is 9.78 Å². The van der Waals surface area contributed by atoms with Gasteiger partial charge in [0.1, 0.15) is 5.69 Å². The summed E-state index contributed by atoms with van der Waals surface area (Å²) in [5.41, 5.74) is 6.12. The Morgan fingerprint density at radius 1 is 1.04 bits per heavy atom. The van der Waals surface area contributed by atoms with Gasteiger partial charge in [-0.25, -0.2) is 0 Å². The second-order valence-electron chi connectivity index (χ2n) is 6.66. The lowest BCUT2D eigenvalue weighted by Gasteiger charge is -2.30. The van der Waals surface area contributed by atoms with E-state index < -0.39 is 0 Å². The van der Waals surface area contributed by atoms with Gasteiger partial charge in [-0.2, -0.15) is 0 Å². The molecule has 0 aliphatic carbocycles. The van der Waals surface area contributed by atoms with Crippen LogP contribution in [0.4, 0.5) is 11.4 Å². The number of rotatable bonds is 3. The molecule has 1 amide bonds. The van der Waals surface area contributed by atoms with Crippen molar-refractivity contribution in [1.82, 2.24) is 4.98 Å². The number of anilines is 2. The highest BCUT2D eigenvalue weighted by Gasteiger charge is 2.17. The van der Waals surface area contributed by atoms with E-state index in [1.807, 2.05) is 43.3 Å². The third-order valence-electron chi connectivity index (χ3n) is 4.75. The van der Waals surface area contributed by atoms with E-state index in [-0.39, 0.29) is 5.91 Å². The Labute approximate surface area is 153 Å². The van der Waals surface area contributed by atoms with Gasteiger partial charge in [0, 0.05) is 30.7 Å². The lowest BCUT2D eigenvalue weighted by atomic mass is 9.99. The third-order valence-corrected chi connectivity index (χ3v) is 4.75. The van der Waals surface area contributed by atoms with Gasteiger partial charge in [-0.15, -0.1) is 0 Å². The highest BCUT2D eigenvalue weighted by Crippen LogP contribution is 2.24. The minimum absolute atomic E-state index is 0.185. The molecule has 3 aromatic rings. The number of benzene rings is 2. The van der Waals surface area contributed by atoms with E-state index in [1.54, 1.807) is 6.20 Å². The summed E-state index contributed by atoms with van der Waals surface area (Å²) in [7, 11) is 0. The van der Waals surface area contributed by atoms with Crippen LogP contribution in [-0.4, -0.2) is 17.4 Å². The molecule has 4 nitrogen and oxygen atoms in total. The number of carbonyl (C=O) groups is 1. The maximum atomic E-state index is 12.6. The standard InChI is InChI=1S/C22H21N3O/c1-16-5-4-8-19(13-16)24-22(26)21-14-20(9-11-23-21)25-12-10-17-6-2-3-7-18(17)15-25/h2-9,11,13-14H,10,12,15H2,1H3,(H,24,26). The fraction of sp³-hybridized carbons (Fsp3) is 0.182. The van der Waals surface area contributed by atoms with E-state index in [9.17, 15) is 4.79 Å². The van der Waals surface area contributed by atoms with Crippen molar-refractivity contribution in [3.05, 3.63) is 89.2 Å². The average molecular weight is 343 g/mol. The number of hydrogen-bond acceptors (Lipinski definition) is 3. The molecule has 2 aromatic carbocycles. The summed E-state index contributed by atoms with van der Waals surface area (Å²) in [5.74, 6) is -0.185. The number of amides is 1. The number of nitrogens with one attached hydrogen (secondary N) is 1. The third kappa shape index (κ3) is 3.45. The molecular weight excluding hydrogens is 322 g/mol. The highest BCUT2D eigenvalue weighted by atomic mass is 16.1. The van der Waals surface area contributed by atoms with Crippen LogP contribution in [0, 0.1) is 6.92 Å². The summed E-state index contributed by atoms with van der Waals surface area (Å²) in [4.78, 5) is 19.1.